The van der Waals surface area contributed by atoms with Gasteiger partial charge in [0.2, 0.25) is 0 Å². The van der Waals surface area contributed by atoms with Gasteiger partial charge in [-0.3, -0.25) is 0 Å². The van der Waals surface area contributed by atoms with E-state index in [4.69, 9.17) is 43.4 Å². The molecule has 0 atom stereocenters. The first-order valence-corrected chi connectivity index (χ1v) is 10.4. The van der Waals surface area contributed by atoms with Crippen LogP contribution in [-0.4, -0.2) is 36.8 Å². The Morgan fingerprint density at radius 1 is 0.654 bits per heavy atom. The Labute approximate surface area is 171 Å². The minimum Gasteiger partial charge on any atom is -0.497 e. The maximum Gasteiger partial charge on any atom is 0.131 e. The molecule has 8 heteroatoms. The van der Waals surface area contributed by atoms with Crippen LogP contribution in [0, 0.1) is 0 Å². The van der Waals surface area contributed by atoms with Crippen LogP contribution in [0.1, 0.15) is 11.1 Å². The van der Waals surface area contributed by atoms with Gasteiger partial charge in [0.1, 0.15) is 23.0 Å². The van der Waals surface area contributed by atoms with Gasteiger partial charge in [-0.15, -0.1) is 0 Å². The van der Waals surface area contributed by atoms with E-state index in [0.29, 0.717) is 31.4 Å². The highest BCUT2D eigenvalue weighted by molar-refractivity contribution is 8.90. The van der Waals surface area contributed by atoms with Crippen LogP contribution in [0.2, 0.25) is 0 Å². The molecule has 0 unspecified atom stereocenters. The Kier molecular flexibility index (Phi) is 8.02. The average Bonchev–Trinajstić information content (AvgIpc) is 2.70. The first kappa shape index (κ1) is 20.8. The zero-order chi connectivity index (χ0) is 19.1. The molecule has 0 saturated carbocycles. The molecule has 0 radical (unpaired) electrons. The molecule has 0 N–H and O–H groups in total. The van der Waals surface area contributed by atoms with Crippen molar-refractivity contribution in [2.45, 2.75) is 0 Å². The number of thiocarbonyl (C=S) groups is 2. The molecule has 2 aromatic carbocycles. The Hall–Kier alpha value is -1.48. The van der Waals surface area contributed by atoms with E-state index in [1.165, 1.54) is 21.6 Å². The third-order valence-corrected chi connectivity index (χ3v) is 7.10. The average molecular weight is 427 g/mol. The second kappa shape index (κ2) is 10.0. The first-order valence-electron chi connectivity index (χ1n) is 7.41. The van der Waals surface area contributed by atoms with Crippen molar-refractivity contribution in [3.8, 4) is 23.0 Å². The highest BCUT2D eigenvalue weighted by Gasteiger charge is 2.15. The second-order valence-electron chi connectivity index (χ2n) is 4.87. The first-order chi connectivity index (χ1) is 12.5. The maximum atomic E-state index is 5.53. The molecule has 0 aliphatic carbocycles. The summed E-state index contributed by atoms with van der Waals surface area (Å²) < 4.78 is 22.6. The van der Waals surface area contributed by atoms with Gasteiger partial charge in [0, 0.05) is 23.3 Å². The molecule has 0 saturated heterocycles. The fourth-order valence-electron chi connectivity index (χ4n) is 2.10. The quantitative estimate of drug-likeness (QED) is 0.463. The van der Waals surface area contributed by atoms with Gasteiger partial charge in [-0.05, 0) is 45.9 Å². The van der Waals surface area contributed by atoms with E-state index in [-0.39, 0.29) is 0 Å². The summed E-state index contributed by atoms with van der Waals surface area (Å²) in [6, 6.07) is 11.1. The number of benzene rings is 2. The third-order valence-electron chi connectivity index (χ3n) is 3.45. The molecular weight excluding hydrogens is 408 g/mol. The summed E-state index contributed by atoms with van der Waals surface area (Å²) in [6.45, 7) is 0. The predicted molar refractivity (Wildman–Crippen MR) is 118 cm³/mol. The zero-order valence-corrected chi connectivity index (χ0v) is 18.0. The molecule has 2 aromatic rings. The zero-order valence-electron chi connectivity index (χ0n) is 14.7. The monoisotopic (exact) mass is 426 g/mol. The van der Waals surface area contributed by atoms with Crippen molar-refractivity contribution >= 4 is 54.4 Å². The molecule has 0 fully saturated rings. The molecule has 26 heavy (non-hydrogen) atoms. The molecule has 0 spiro atoms. The molecule has 0 heterocycles. The van der Waals surface area contributed by atoms with Crippen LogP contribution in [0.4, 0.5) is 0 Å². The predicted octanol–water partition coefficient (Wildman–Crippen LogP) is 5.15. The van der Waals surface area contributed by atoms with Crippen LogP contribution in [0.3, 0.4) is 0 Å². The summed E-state index contributed by atoms with van der Waals surface area (Å²) in [6.07, 6.45) is 0. The van der Waals surface area contributed by atoms with E-state index < -0.39 is 0 Å². The third kappa shape index (κ3) is 5.03. The lowest BCUT2D eigenvalue weighted by Gasteiger charge is -2.12. The van der Waals surface area contributed by atoms with Gasteiger partial charge in [-0.25, -0.2) is 0 Å². The van der Waals surface area contributed by atoms with E-state index in [0.717, 1.165) is 11.1 Å². The van der Waals surface area contributed by atoms with Gasteiger partial charge in [-0.1, -0.05) is 24.4 Å². The fourth-order valence-corrected chi connectivity index (χ4v) is 4.71. The number of methoxy groups -OCH3 is 4. The molecule has 138 valence electrons. The number of ether oxygens (including phenoxy) is 4. The highest BCUT2D eigenvalue weighted by atomic mass is 33.1. The Morgan fingerprint density at radius 3 is 1.35 bits per heavy atom. The van der Waals surface area contributed by atoms with Crippen LogP contribution >= 0.6 is 46.0 Å². The lowest BCUT2D eigenvalue weighted by atomic mass is 10.2. The van der Waals surface area contributed by atoms with Crippen molar-refractivity contribution in [1.82, 2.24) is 0 Å². The van der Waals surface area contributed by atoms with Crippen LogP contribution in [0.25, 0.3) is 0 Å². The van der Waals surface area contributed by atoms with Crippen molar-refractivity contribution in [2.75, 3.05) is 28.4 Å². The van der Waals surface area contributed by atoms with Crippen molar-refractivity contribution in [3.63, 3.8) is 0 Å². The lowest BCUT2D eigenvalue weighted by Crippen LogP contribution is -1.99. The number of hydrogen-bond acceptors (Lipinski definition) is 8. The van der Waals surface area contributed by atoms with E-state index >= 15 is 0 Å². The summed E-state index contributed by atoms with van der Waals surface area (Å²) in [7, 11) is 9.23. The maximum absolute atomic E-state index is 5.53. The summed E-state index contributed by atoms with van der Waals surface area (Å²) in [5.41, 5.74) is 1.65. The summed E-state index contributed by atoms with van der Waals surface area (Å²) in [4.78, 5) is 0. The van der Waals surface area contributed by atoms with Gasteiger partial charge in [0.05, 0.1) is 36.8 Å². The van der Waals surface area contributed by atoms with Gasteiger partial charge < -0.3 is 18.9 Å². The van der Waals surface area contributed by atoms with Crippen molar-refractivity contribution < 1.29 is 18.9 Å². The summed E-state index contributed by atoms with van der Waals surface area (Å²) in [5.74, 6) is 2.75. The summed E-state index contributed by atoms with van der Waals surface area (Å²) in [5, 5.41) is 0. The second-order valence-corrected chi connectivity index (χ2v) is 8.36. The number of rotatable bonds is 6. The smallest absolute Gasteiger partial charge is 0.131 e. The van der Waals surface area contributed by atoms with E-state index in [2.05, 4.69) is 0 Å². The molecule has 0 amide bonds. The minimum atomic E-state index is 0.662. The molecule has 2 rings (SSSR count). The highest BCUT2D eigenvalue weighted by Crippen LogP contribution is 2.37. The van der Waals surface area contributed by atoms with Crippen molar-refractivity contribution in [2.24, 2.45) is 0 Å². The Bertz CT molecular complexity index is 740. The van der Waals surface area contributed by atoms with E-state index in [1.54, 1.807) is 40.6 Å². The molecule has 0 aromatic heterocycles. The van der Waals surface area contributed by atoms with Gasteiger partial charge in [-0.2, -0.15) is 0 Å². The normalized spacial score (nSPS) is 10.2. The SMILES string of the molecule is COc1ccc(C(=S)SSC(=S)c2ccc(OC)cc2OC)c(OC)c1. The fraction of sp³-hybridized carbons (Fsp3) is 0.222. The minimum absolute atomic E-state index is 0.662. The molecule has 0 aliphatic rings. The van der Waals surface area contributed by atoms with Crippen LogP contribution in [0.5, 0.6) is 23.0 Å². The number of hydrogen-bond donors (Lipinski definition) is 0. The van der Waals surface area contributed by atoms with Crippen LogP contribution < -0.4 is 18.9 Å². The summed E-state index contributed by atoms with van der Waals surface area (Å²) >= 11 is 11.1. The van der Waals surface area contributed by atoms with Crippen molar-refractivity contribution in [1.29, 1.82) is 0 Å². The molecule has 0 bridgehead atoms. The van der Waals surface area contributed by atoms with Crippen LogP contribution in [-0.2, 0) is 0 Å². The molecule has 0 aliphatic heterocycles. The Morgan fingerprint density at radius 2 is 1.04 bits per heavy atom. The van der Waals surface area contributed by atoms with Crippen molar-refractivity contribution in [3.05, 3.63) is 47.5 Å². The lowest BCUT2D eigenvalue weighted by molar-refractivity contribution is 0.394. The Balaban J connectivity index is 2.11. The topological polar surface area (TPSA) is 36.9 Å². The van der Waals surface area contributed by atoms with E-state index in [9.17, 15) is 0 Å². The van der Waals surface area contributed by atoms with Crippen LogP contribution in [0.15, 0.2) is 36.4 Å². The molecular formula is C18H18O4S4. The van der Waals surface area contributed by atoms with Gasteiger partial charge >= 0.3 is 0 Å². The largest absolute Gasteiger partial charge is 0.497 e. The van der Waals surface area contributed by atoms with Gasteiger partial charge in [0.25, 0.3) is 0 Å². The molecule has 4 nitrogen and oxygen atoms in total. The standard InChI is InChI=1S/C18H18O4S4/c1-19-11-5-7-13(15(9-11)21-3)17(23)25-26-18(24)14-8-6-12(20-2)10-16(14)22-4/h5-10H,1-4H3. The van der Waals surface area contributed by atoms with E-state index in [1.807, 2.05) is 24.3 Å². The van der Waals surface area contributed by atoms with Gasteiger partial charge in [0.15, 0.2) is 0 Å².